The summed E-state index contributed by atoms with van der Waals surface area (Å²) in [5.74, 6) is -3.37. The maximum Gasteiger partial charge on any atom is 0.404 e. The van der Waals surface area contributed by atoms with Gasteiger partial charge in [0.2, 0.25) is 11.8 Å². The van der Waals surface area contributed by atoms with Crippen LogP contribution in [-0.4, -0.2) is 22.5 Å². The molecule has 1 aromatic heterocycles. The zero-order valence-electron chi connectivity index (χ0n) is 12.8. The molecule has 0 aliphatic heterocycles. The molecular formula is C17H10F6N2O. The molecule has 0 saturated heterocycles. The van der Waals surface area contributed by atoms with Crippen molar-refractivity contribution in [1.82, 2.24) is 10.2 Å². The molecule has 136 valence electrons. The first-order chi connectivity index (χ1) is 12.2. The van der Waals surface area contributed by atoms with Gasteiger partial charge in [-0.3, -0.25) is 0 Å². The first-order valence-corrected chi connectivity index (χ1v) is 7.29. The van der Waals surface area contributed by atoms with E-state index in [1.807, 2.05) is 0 Å². The molecule has 0 bridgehead atoms. The second kappa shape index (κ2) is 6.47. The Balaban J connectivity index is 1.90. The highest BCUT2D eigenvalue weighted by Crippen LogP contribution is 2.46. The molecule has 26 heavy (non-hydrogen) atoms. The second-order valence-corrected chi connectivity index (χ2v) is 5.42. The van der Waals surface area contributed by atoms with Gasteiger partial charge in [0.05, 0.1) is 0 Å². The van der Waals surface area contributed by atoms with Crippen LogP contribution in [0.4, 0.5) is 26.3 Å². The molecule has 0 N–H and O–H groups in total. The first-order valence-electron chi connectivity index (χ1n) is 7.29. The first kappa shape index (κ1) is 18.0. The van der Waals surface area contributed by atoms with Gasteiger partial charge in [-0.2, -0.15) is 26.3 Å². The molecule has 0 amide bonds. The highest BCUT2D eigenvalue weighted by Gasteiger charge is 2.57. The summed E-state index contributed by atoms with van der Waals surface area (Å²) in [4.78, 5) is 0. The number of nitrogens with zero attached hydrogens (tertiary/aromatic N) is 2. The fourth-order valence-electron chi connectivity index (χ4n) is 2.42. The molecule has 3 rings (SSSR count). The van der Waals surface area contributed by atoms with E-state index in [9.17, 15) is 26.3 Å². The number of rotatable bonds is 3. The van der Waals surface area contributed by atoms with Gasteiger partial charge in [0.1, 0.15) is 0 Å². The van der Waals surface area contributed by atoms with E-state index in [2.05, 4.69) is 10.2 Å². The molecule has 0 aliphatic rings. The van der Waals surface area contributed by atoms with Gasteiger partial charge in [0.25, 0.3) is 0 Å². The zero-order valence-corrected chi connectivity index (χ0v) is 12.8. The van der Waals surface area contributed by atoms with E-state index in [-0.39, 0.29) is 17.3 Å². The predicted octanol–water partition coefficient (Wildman–Crippen LogP) is 5.61. The van der Waals surface area contributed by atoms with E-state index in [0.717, 1.165) is 24.3 Å². The van der Waals surface area contributed by atoms with Crippen molar-refractivity contribution in [1.29, 1.82) is 0 Å². The van der Waals surface area contributed by atoms with Crippen molar-refractivity contribution in [3.63, 3.8) is 0 Å². The molecule has 0 saturated carbocycles. The van der Waals surface area contributed by atoms with E-state index in [4.69, 9.17) is 4.42 Å². The van der Waals surface area contributed by atoms with Gasteiger partial charge >= 0.3 is 12.4 Å². The molecule has 0 atom stereocenters. The van der Waals surface area contributed by atoms with Gasteiger partial charge in [0.15, 0.2) is 5.92 Å². The van der Waals surface area contributed by atoms with Crippen LogP contribution in [0.3, 0.4) is 0 Å². The molecular weight excluding hydrogens is 362 g/mol. The summed E-state index contributed by atoms with van der Waals surface area (Å²) in [6.45, 7) is 0. The number of hydrogen-bond donors (Lipinski definition) is 0. The fraction of sp³-hybridized carbons (Fsp3) is 0.176. The smallest absolute Gasteiger partial charge is 0.404 e. The lowest BCUT2D eigenvalue weighted by Crippen LogP contribution is -2.34. The number of halogens is 6. The Morgan fingerprint density at radius 2 is 1.12 bits per heavy atom. The Morgan fingerprint density at radius 3 is 1.58 bits per heavy atom. The van der Waals surface area contributed by atoms with E-state index in [0.29, 0.717) is 5.56 Å². The molecule has 0 radical (unpaired) electrons. The Hall–Kier alpha value is -2.84. The lowest BCUT2D eigenvalue weighted by molar-refractivity contribution is -0.253. The van der Waals surface area contributed by atoms with Crippen LogP contribution in [0.2, 0.25) is 0 Å². The van der Waals surface area contributed by atoms with Gasteiger partial charge in [-0.05, 0) is 29.8 Å². The predicted molar refractivity (Wildman–Crippen MR) is 80.0 cm³/mol. The molecule has 0 fully saturated rings. The molecule has 0 spiro atoms. The quantitative estimate of drug-likeness (QED) is 0.561. The van der Waals surface area contributed by atoms with Crippen molar-refractivity contribution in [3.8, 4) is 22.9 Å². The van der Waals surface area contributed by atoms with Crippen LogP contribution in [0, 0.1) is 0 Å². The van der Waals surface area contributed by atoms with E-state index in [1.54, 1.807) is 30.3 Å². The third-order valence-electron chi connectivity index (χ3n) is 3.59. The summed E-state index contributed by atoms with van der Waals surface area (Å²) in [5.41, 5.74) is -0.0554. The molecule has 2 aromatic carbocycles. The average molecular weight is 372 g/mol. The van der Waals surface area contributed by atoms with E-state index < -0.39 is 23.8 Å². The summed E-state index contributed by atoms with van der Waals surface area (Å²) in [7, 11) is 0. The number of benzene rings is 2. The van der Waals surface area contributed by atoms with Gasteiger partial charge in [-0.15, -0.1) is 10.2 Å². The highest BCUT2D eigenvalue weighted by molar-refractivity contribution is 5.58. The summed E-state index contributed by atoms with van der Waals surface area (Å²) in [5, 5.41) is 7.60. The summed E-state index contributed by atoms with van der Waals surface area (Å²) < 4.78 is 82.0. The van der Waals surface area contributed by atoms with Gasteiger partial charge in [0, 0.05) is 11.1 Å². The molecule has 9 heteroatoms. The lowest BCUT2D eigenvalue weighted by atomic mass is 9.97. The van der Waals surface area contributed by atoms with Crippen molar-refractivity contribution in [2.45, 2.75) is 18.3 Å². The van der Waals surface area contributed by atoms with E-state index >= 15 is 0 Å². The average Bonchev–Trinajstić information content (AvgIpc) is 3.04. The van der Waals surface area contributed by atoms with Gasteiger partial charge < -0.3 is 4.42 Å². The molecule has 0 unspecified atom stereocenters. The number of hydrogen-bond acceptors (Lipinski definition) is 3. The minimum atomic E-state index is -5.44. The maximum absolute atomic E-state index is 12.8. The SMILES string of the molecule is FC(F)(F)C(c1ccc(-c2nnc(-c3ccccc3)o2)cc1)C(F)(F)F. The Bertz CT molecular complexity index is 855. The second-order valence-electron chi connectivity index (χ2n) is 5.42. The van der Waals surface area contributed by atoms with Crippen molar-refractivity contribution in [2.24, 2.45) is 0 Å². The van der Waals surface area contributed by atoms with Crippen molar-refractivity contribution < 1.29 is 30.8 Å². The summed E-state index contributed by atoms with van der Waals surface area (Å²) in [6.07, 6.45) is -10.9. The van der Waals surface area contributed by atoms with Crippen LogP contribution < -0.4 is 0 Å². The zero-order chi connectivity index (χ0) is 18.9. The minimum absolute atomic E-state index is 0.00836. The van der Waals surface area contributed by atoms with E-state index in [1.165, 1.54) is 0 Å². The Labute approximate surface area is 143 Å². The van der Waals surface area contributed by atoms with Crippen LogP contribution >= 0.6 is 0 Å². The summed E-state index contributed by atoms with van der Waals surface area (Å²) in [6, 6.07) is 12.4. The van der Waals surface area contributed by atoms with Gasteiger partial charge in [-0.1, -0.05) is 30.3 Å². The van der Waals surface area contributed by atoms with Crippen LogP contribution in [0.25, 0.3) is 22.9 Å². The standard InChI is InChI=1S/C17H10F6N2O/c18-16(19,20)13(17(21,22)23)10-6-8-12(9-7-10)15-25-24-14(26-15)11-4-2-1-3-5-11/h1-9,13H. The lowest BCUT2D eigenvalue weighted by Gasteiger charge is -2.23. The Morgan fingerprint density at radius 1 is 0.654 bits per heavy atom. The van der Waals surface area contributed by atoms with Crippen molar-refractivity contribution in [3.05, 3.63) is 60.2 Å². The number of aromatic nitrogens is 2. The van der Waals surface area contributed by atoms with Gasteiger partial charge in [-0.25, -0.2) is 0 Å². The Kier molecular flexibility index (Phi) is 4.47. The molecule has 3 aromatic rings. The van der Waals surface area contributed by atoms with Crippen molar-refractivity contribution in [2.75, 3.05) is 0 Å². The van der Waals surface area contributed by atoms with Crippen LogP contribution in [0.5, 0.6) is 0 Å². The molecule has 1 heterocycles. The molecule has 0 aliphatic carbocycles. The van der Waals surface area contributed by atoms with Crippen LogP contribution in [-0.2, 0) is 0 Å². The normalized spacial score (nSPS) is 12.6. The largest absolute Gasteiger partial charge is 0.416 e. The monoisotopic (exact) mass is 372 g/mol. The van der Waals surface area contributed by atoms with Crippen LogP contribution in [0.15, 0.2) is 59.0 Å². The maximum atomic E-state index is 12.8. The number of alkyl halides is 6. The molecule has 3 nitrogen and oxygen atoms in total. The fourth-order valence-corrected chi connectivity index (χ4v) is 2.42. The third kappa shape index (κ3) is 3.71. The minimum Gasteiger partial charge on any atom is -0.416 e. The highest BCUT2D eigenvalue weighted by atomic mass is 19.4. The third-order valence-corrected chi connectivity index (χ3v) is 3.59. The topological polar surface area (TPSA) is 38.9 Å². The summed E-state index contributed by atoms with van der Waals surface area (Å²) >= 11 is 0. The van der Waals surface area contributed by atoms with Crippen LogP contribution in [0.1, 0.15) is 11.5 Å². The van der Waals surface area contributed by atoms with Crippen molar-refractivity contribution >= 4 is 0 Å².